The van der Waals surface area contributed by atoms with Gasteiger partial charge in [-0.3, -0.25) is 0 Å². The van der Waals surface area contributed by atoms with Gasteiger partial charge < -0.3 is 5.11 Å². The summed E-state index contributed by atoms with van der Waals surface area (Å²) in [5.74, 6) is 1.78. The SMILES string of the molecule is CC(C)Cc1nc(C(C)C)nn1Cc1ccc(-c2ccccc2C(=O)O)cc1. The normalized spacial score (nSPS) is 11.4. The van der Waals surface area contributed by atoms with Crippen LogP contribution in [0.4, 0.5) is 0 Å². The Hall–Kier alpha value is -2.95. The molecule has 28 heavy (non-hydrogen) atoms. The van der Waals surface area contributed by atoms with Crippen LogP contribution in [-0.2, 0) is 13.0 Å². The third-order valence-electron chi connectivity index (χ3n) is 4.63. The zero-order valence-corrected chi connectivity index (χ0v) is 16.9. The van der Waals surface area contributed by atoms with Crippen molar-refractivity contribution in [1.82, 2.24) is 14.8 Å². The topological polar surface area (TPSA) is 68.0 Å². The number of nitrogens with zero attached hydrogens (tertiary/aromatic N) is 3. The molecule has 5 heteroatoms. The highest BCUT2D eigenvalue weighted by molar-refractivity contribution is 5.95. The molecule has 0 saturated carbocycles. The van der Waals surface area contributed by atoms with E-state index in [2.05, 4.69) is 27.7 Å². The standard InChI is InChI=1S/C23H27N3O2/c1-15(2)13-21-24-22(16(3)4)25-26(21)14-17-9-11-18(12-10-17)19-7-5-6-8-20(19)23(27)28/h5-12,15-16H,13-14H2,1-4H3,(H,27,28). The first kappa shape index (κ1) is 19.8. The number of hydrogen-bond acceptors (Lipinski definition) is 3. The van der Waals surface area contributed by atoms with Crippen LogP contribution in [0.15, 0.2) is 48.5 Å². The van der Waals surface area contributed by atoms with E-state index in [-0.39, 0.29) is 0 Å². The van der Waals surface area contributed by atoms with E-state index in [1.165, 1.54) is 0 Å². The van der Waals surface area contributed by atoms with Crippen molar-refractivity contribution in [2.45, 2.75) is 46.6 Å². The van der Waals surface area contributed by atoms with Crippen LogP contribution in [0, 0.1) is 5.92 Å². The molecule has 0 amide bonds. The Morgan fingerprint density at radius 2 is 1.71 bits per heavy atom. The summed E-state index contributed by atoms with van der Waals surface area (Å²) >= 11 is 0. The molecule has 3 rings (SSSR count). The molecule has 0 saturated heterocycles. The summed E-state index contributed by atoms with van der Waals surface area (Å²) in [6.45, 7) is 9.23. The lowest BCUT2D eigenvalue weighted by Crippen LogP contribution is -2.09. The number of hydrogen-bond donors (Lipinski definition) is 1. The molecule has 0 bridgehead atoms. The smallest absolute Gasteiger partial charge is 0.336 e. The van der Waals surface area contributed by atoms with Crippen molar-refractivity contribution in [2.24, 2.45) is 5.92 Å². The van der Waals surface area contributed by atoms with E-state index in [1.807, 2.05) is 41.1 Å². The molecule has 0 atom stereocenters. The molecule has 146 valence electrons. The summed E-state index contributed by atoms with van der Waals surface area (Å²) in [6.07, 6.45) is 0.893. The molecule has 3 aromatic rings. The van der Waals surface area contributed by atoms with Gasteiger partial charge in [-0.2, -0.15) is 5.10 Å². The van der Waals surface area contributed by atoms with E-state index in [1.54, 1.807) is 12.1 Å². The van der Waals surface area contributed by atoms with Crippen LogP contribution in [0.3, 0.4) is 0 Å². The Balaban J connectivity index is 1.87. The average Bonchev–Trinajstić information content (AvgIpc) is 3.04. The minimum atomic E-state index is -0.915. The highest BCUT2D eigenvalue weighted by atomic mass is 16.4. The van der Waals surface area contributed by atoms with E-state index < -0.39 is 5.97 Å². The van der Waals surface area contributed by atoms with Crippen LogP contribution in [-0.4, -0.2) is 25.8 Å². The number of carbonyl (C=O) groups is 1. The number of aromatic nitrogens is 3. The molecule has 0 radical (unpaired) electrons. The molecule has 0 fully saturated rings. The summed E-state index contributed by atoms with van der Waals surface area (Å²) in [5, 5.41) is 14.1. The van der Waals surface area contributed by atoms with Gasteiger partial charge in [0, 0.05) is 12.3 Å². The van der Waals surface area contributed by atoms with Crippen molar-refractivity contribution < 1.29 is 9.90 Å². The van der Waals surface area contributed by atoms with Gasteiger partial charge in [0.1, 0.15) is 5.82 Å². The maximum Gasteiger partial charge on any atom is 0.336 e. The lowest BCUT2D eigenvalue weighted by molar-refractivity contribution is 0.0697. The summed E-state index contributed by atoms with van der Waals surface area (Å²) in [5.41, 5.74) is 3.05. The van der Waals surface area contributed by atoms with Gasteiger partial charge in [0.05, 0.1) is 12.1 Å². The summed E-state index contributed by atoms with van der Waals surface area (Å²) < 4.78 is 2.00. The second-order valence-corrected chi connectivity index (χ2v) is 7.84. The monoisotopic (exact) mass is 377 g/mol. The van der Waals surface area contributed by atoms with E-state index in [0.717, 1.165) is 34.8 Å². The van der Waals surface area contributed by atoms with Crippen LogP contribution in [0.1, 0.15) is 61.2 Å². The van der Waals surface area contributed by atoms with Crippen molar-refractivity contribution >= 4 is 5.97 Å². The average molecular weight is 377 g/mol. The lowest BCUT2D eigenvalue weighted by atomic mass is 9.99. The first-order valence-electron chi connectivity index (χ1n) is 9.70. The maximum atomic E-state index is 11.5. The zero-order valence-electron chi connectivity index (χ0n) is 16.9. The second-order valence-electron chi connectivity index (χ2n) is 7.84. The van der Waals surface area contributed by atoms with Crippen molar-refractivity contribution in [1.29, 1.82) is 0 Å². The lowest BCUT2D eigenvalue weighted by Gasteiger charge is -2.10. The molecule has 0 unspecified atom stereocenters. The fourth-order valence-electron chi connectivity index (χ4n) is 3.17. The molecule has 0 spiro atoms. The Morgan fingerprint density at radius 3 is 2.32 bits per heavy atom. The van der Waals surface area contributed by atoms with Gasteiger partial charge in [0.25, 0.3) is 0 Å². The fourth-order valence-corrected chi connectivity index (χ4v) is 3.17. The molecule has 1 N–H and O–H groups in total. The maximum absolute atomic E-state index is 11.5. The van der Waals surface area contributed by atoms with Gasteiger partial charge in [0.15, 0.2) is 5.82 Å². The van der Waals surface area contributed by atoms with Crippen molar-refractivity contribution in [2.75, 3.05) is 0 Å². The Bertz CT molecular complexity index is 956. The van der Waals surface area contributed by atoms with Crippen LogP contribution < -0.4 is 0 Å². The van der Waals surface area contributed by atoms with Crippen LogP contribution >= 0.6 is 0 Å². The zero-order chi connectivity index (χ0) is 20.3. The first-order chi connectivity index (χ1) is 13.3. The molecular formula is C23H27N3O2. The number of aromatic carboxylic acids is 1. The minimum Gasteiger partial charge on any atom is -0.478 e. The molecule has 0 aliphatic carbocycles. The fraction of sp³-hybridized carbons (Fsp3) is 0.348. The van der Waals surface area contributed by atoms with E-state index in [9.17, 15) is 9.90 Å². The third kappa shape index (κ3) is 4.47. The highest BCUT2D eigenvalue weighted by Gasteiger charge is 2.15. The number of carboxylic acid groups (broad SMARTS) is 1. The predicted molar refractivity (Wildman–Crippen MR) is 111 cm³/mol. The first-order valence-corrected chi connectivity index (χ1v) is 9.70. The predicted octanol–water partition coefficient (Wildman–Crippen LogP) is 5.01. The van der Waals surface area contributed by atoms with Crippen molar-refractivity contribution in [3.8, 4) is 11.1 Å². The molecular weight excluding hydrogens is 350 g/mol. The van der Waals surface area contributed by atoms with Crippen molar-refractivity contribution in [3.63, 3.8) is 0 Å². The van der Waals surface area contributed by atoms with Crippen LogP contribution in [0.25, 0.3) is 11.1 Å². The number of carboxylic acids is 1. The molecule has 1 heterocycles. The second kappa shape index (κ2) is 8.38. The van der Waals surface area contributed by atoms with E-state index >= 15 is 0 Å². The van der Waals surface area contributed by atoms with Gasteiger partial charge in [-0.1, -0.05) is 70.2 Å². The van der Waals surface area contributed by atoms with Gasteiger partial charge >= 0.3 is 5.97 Å². The highest BCUT2D eigenvalue weighted by Crippen LogP contribution is 2.24. The molecule has 5 nitrogen and oxygen atoms in total. The van der Waals surface area contributed by atoms with E-state index in [0.29, 0.717) is 23.9 Å². The quantitative estimate of drug-likeness (QED) is 0.628. The molecule has 1 aromatic heterocycles. The van der Waals surface area contributed by atoms with Gasteiger partial charge in [-0.25, -0.2) is 14.5 Å². The minimum absolute atomic E-state index is 0.294. The molecule has 2 aromatic carbocycles. The third-order valence-corrected chi connectivity index (χ3v) is 4.63. The summed E-state index contributed by atoms with van der Waals surface area (Å²) in [4.78, 5) is 16.2. The Labute approximate surface area is 166 Å². The Kier molecular flexibility index (Phi) is 5.93. The Morgan fingerprint density at radius 1 is 1.04 bits per heavy atom. The molecule has 0 aliphatic rings. The summed E-state index contributed by atoms with van der Waals surface area (Å²) in [6, 6.07) is 15.1. The largest absolute Gasteiger partial charge is 0.478 e. The van der Waals surface area contributed by atoms with Gasteiger partial charge in [0.2, 0.25) is 0 Å². The number of benzene rings is 2. The van der Waals surface area contributed by atoms with Gasteiger partial charge in [-0.05, 0) is 28.7 Å². The van der Waals surface area contributed by atoms with E-state index in [4.69, 9.17) is 10.1 Å². The van der Waals surface area contributed by atoms with Crippen LogP contribution in [0.2, 0.25) is 0 Å². The van der Waals surface area contributed by atoms with Crippen molar-refractivity contribution in [3.05, 3.63) is 71.3 Å². The number of rotatable bonds is 7. The van der Waals surface area contributed by atoms with Crippen LogP contribution in [0.5, 0.6) is 0 Å². The molecule has 0 aliphatic heterocycles. The van der Waals surface area contributed by atoms with Gasteiger partial charge in [-0.15, -0.1) is 0 Å². The summed E-state index contributed by atoms with van der Waals surface area (Å²) in [7, 11) is 0.